The van der Waals surface area contributed by atoms with Crippen LogP contribution in [-0.2, 0) is 16.0 Å². The van der Waals surface area contributed by atoms with Gasteiger partial charge in [-0.2, -0.15) is 0 Å². The van der Waals surface area contributed by atoms with Gasteiger partial charge in [0.2, 0.25) is 5.91 Å². The van der Waals surface area contributed by atoms with Crippen LogP contribution in [0.25, 0.3) is 0 Å². The number of hydrogen-bond donors (Lipinski definition) is 1. The van der Waals surface area contributed by atoms with Crippen molar-refractivity contribution in [1.29, 1.82) is 0 Å². The molecular formula is C25H27ClN2O4S2. The molecule has 2 aliphatic rings. The van der Waals surface area contributed by atoms with E-state index in [-0.39, 0.29) is 28.5 Å². The lowest BCUT2D eigenvalue weighted by Gasteiger charge is -2.28. The van der Waals surface area contributed by atoms with Crippen LogP contribution in [0.5, 0.6) is 5.75 Å². The lowest BCUT2D eigenvalue weighted by molar-refractivity contribution is -0.118. The van der Waals surface area contributed by atoms with Gasteiger partial charge in [0, 0.05) is 5.02 Å². The van der Waals surface area contributed by atoms with Crippen LogP contribution in [0.4, 0.5) is 4.79 Å². The Kier molecular flexibility index (Phi) is 8.01. The lowest BCUT2D eigenvalue weighted by Crippen LogP contribution is -2.41. The van der Waals surface area contributed by atoms with Crippen molar-refractivity contribution in [2.24, 2.45) is 5.92 Å². The minimum Gasteiger partial charge on any atom is -0.491 e. The molecule has 2 aromatic carbocycles. The molecule has 6 nitrogen and oxygen atoms in total. The molecule has 2 aliphatic heterocycles. The molecule has 2 amide bonds. The molecule has 2 fully saturated rings. The number of carbonyl (C=O) groups excluding carboxylic acids is 2. The summed E-state index contributed by atoms with van der Waals surface area (Å²) in [6.07, 6.45) is 1.26. The Morgan fingerprint density at radius 2 is 2.00 bits per heavy atom. The number of benzene rings is 2. The average molecular weight is 519 g/mol. The molecule has 0 aliphatic carbocycles. The second-order valence-corrected chi connectivity index (χ2v) is 10.9. The van der Waals surface area contributed by atoms with E-state index in [1.54, 1.807) is 0 Å². The van der Waals surface area contributed by atoms with Gasteiger partial charge in [0.1, 0.15) is 18.5 Å². The highest BCUT2D eigenvalue weighted by Crippen LogP contribution is 2.31. The maximum atomic E-state index is 11.8. The molecule has 4 rings (SSSR count). The van der Waals surface area contributed by atoms with Gasteiger partial charge in [-0.05, 0) is 66.4 Å². The average Bonchev–Trinajstić information content (AvgIpc) is 3.33. The second kappa shape index (κ2) is 11.0. The Labute approximate surface area is 214 Å². The van der Waals surface area contributed by atoms with Crippen molar-refractivity contribution >= 4 is 51.9 Å². The van der Waals surface area contributed by atoms with Crippen LogP contribution in [0, 0.1) is 5.92 Å². The molecule has 34 heavy (non-hydrogen) atoms. The van der Waals surface area contributed by atoms with Gasteiger partial charge < -0.3 is 14.4 Å². The molecule has 1 unspecified atom stereocenters. The Bertz CT molecular complexity index is 1060. The maximum absolute atomic E-state index is 11.8. The molecule has 0 aromatic heterocycles. The third-order valence-electron chi connectivity index (χ3n) is 5.80. The number of amides is 2. The fourth-order valence-electron chi connectivity index (χ4n) is 4.14. The summed E-state index contributed by atoms with van der Waals surface area (Å²) in [4.78, 5) is 25.3. The van der Waals surface area contributed by atoms with Gasteiger partial charge >= 0.3 is 0 Å². The highest BCUT2D eigenvalue weighted by Gasteiger charge is 2.35. The minimum absolute atomic E-state index is 0.0703. The summed E-state index contributed by atoms with van der Waals surface area (Å²) >= 11 is 12.8. The second-order valence-electron chi connectivity index (χ2n) is 8.91. The number of imide groups is 1. The van der Waals surface area contributed by atoms with E-state index in [9.17, 15) is 9.59 Å². The zero-order valence-corrected chi connectivity index (χ0v) is 21.4. The molecule has 9 heteroatoms. The first-order chi connectivity index (χ1) is 16.3. The third-order valence-corrected chi connectivity index (χ3v) is 7.35. The van der Waals surface area contributed by atoms with Gasteiger partial charge in [0.25, 0.3) is 10.4 Å². The van der Waals surface area contributed by atoms with Crippen LogP contribution in [0.3, 0.4) is 0 Å². The van der Waals surface area contributed by atoms with Crippen LogP contribution in [0.15, 0.2) is 48.5 Å². The summed E-state index contributed by atoms with van der Waals surface area (Å²) in [6, 6.07) is 15.4. The number of nitrogens with zero attached hydrogens (tertiary/aromatic N) is 1. The van der Waals surface area contributed by atoms with E-state index in [0.29, 0.717) is 35.7 Å². The van der Waals surface area contributed by atoms with E-state index < -0.39 is 0 Å². The molecule has 0 saturated carbocycles. The van der Waals surface area contributed by atoms with E-state index in [2.05, 4.69) is 24.1 Å². The minimum atomic E-state index is -0.377. The van der Waals surface area contributed by atoms with Crippen molar-refractivity contribution < 1.29 is 19.1 Å². The zero-order chi connectivity index (χ0) is 24.2. The molecular weight excluding hydrogens is 492 g/mol. The molecule has 1 N–H and O–H groups in total. The number of halogens is 1. The summed E-state index contributed by atoms with van der Waals surface area (Å²) in [6.45, 7) is 5.48. The van der Waals surface area contributed by atoms with Crippen molar-refractivity contribution in [1.82, 2.24) is 10.2 Å². The van der Waals surface area contributed by atoms with Crippen LogP contribution in [0.2, 0.25) is 5.02 Å². The number of ether oxygens (including phenoxy) is 2. The predicted octanol–water partition coefficient (Wildman–Crippen LogP) is 5.39. The SMILES string of the molecule is CC(C)C[C@H](COc1ccc(CC2SC(=O)NC2=O)cc1)N1C[C@@H](c2cccc(Cl)c2)OC1=S. The first-order valence-corrected chi connectivity index (χ1v) is 12.9. The summed E-state index contributed by atoms with van der Waals surface area (Å²) in [5.74, 6) is 0.975. The molecule has 2 aromatic rings. The quantitative estimate of drug-likeness (QED) is 0.446. The van der Waals surface area contributed by atoms with Crippen molar-refractivity contribution in [3.63, 3.8) is 0 Å². The molecule has 3 atom stereocenters. The summed E-state index contributed by atoms with van der Waals surface area (Å²) in [5.41, 5.74) is 1.99. The Balaban J connectivity index is 1.37. The topological polar surface area (TPSA) is 67.9 Å². The molecule has 0 spiro atoms. The Morgan fingerprint density at radius 3 is 2.65 bits per heavy atom. The van der Waals surface area contributed by atoms with E-state index >= 15 is 0 Å². The monoisotopic (exact) mass is 518 g/mol. The number of hydrogen-bond acceptors (Lipinski definition) is 6. The number of thiocarbonyl (C=S) groups is 1. The number of rotatable bonds is 9. The Morgan fingerprint density at radius 1 is 1.24 bits per heavy atom. The van der Waals surface area contributed by atoms with Crippen molar-refractivity contribution in [2.45, 2.75) is 44.1 Å². The van der Waals surface area contributed by atoms with Gasteiger partial charge in [-0.15, -0.1) is 0 Å². The normalized spacial score (nSPS) is 21.1. The van der Waals surface area contributed by atoms with Crippen LogP contribution in [-0.4, -0.2) is 45.7 Å². The van der Waals surface area contributed by atoms with Crippen LogP contribution >= 0.6 is 35.6 Å². The van der Waals surface area contributed by atoms with Crippen LogP contribution in [0.1, 0.15) is 37.5 Å². The van der Waals surface area contributed by atoms with E-state index in [1.807, 2.05) is 48.5 Å². The number of nitrogens with one attached hydrogen (secondary N) is 1. The maximum Gasteiger partial charge on any atom is 0.286 e. The third kappa shape index (κ3) is 6.23. The highest BCUT2D eigenvalue weighted by molar-refractivity contribution is 8.15. The summed E-state index contributed by atoms with van der Waals surface area (Å²) < 4.78 is 12.1. The van der Waals surface area contributed by atoms with E-state index in [4.69, 9.17) is 33.3 Å². The van der Waals surface area contributed by atoms with Crippen molar-refractivity contribution in [3.05, 3.63) is 64.7 Å². The van der Waals surface area contributed by atoms with Crippen molar-refractivity contribution in [3.8, 4) is 5.75 Å². The number of thioether (sulfide) groups is 1. The van der Waals surface area contributed by atoms with Crippen LogP contribution < -0.4 is 10.1 Å². The molecule has 180 valence electrons. The Hall–Kier alpha value is -2.29. The fraction of sp³-hybridized carbons (Fsp3) is 0.400. The van der Waals surface area contributed by atoms with E-state index in [0.717, 1.165) is 35.1 Å². The van der Waals surface area contributed by atoms with Gasteiger partial charge in [-0.25, -0.2) is 0 Å². The summed E-state index contributed by atoms with van der Waals surface area (Å²) in [7, 11) is 0. The van der Waals surface area contributed by atoms with Gasteiger partial charge in [0.05, 0.1) is 17.8 Å². The van der Waals surface area contributed by atoms with Crippen molar-refractivity contribution in [2.75, 3.05) is 13.2 Å². The zero-order valence-electron chi connectivity index (χ0n) is 19.0. The number of carbonyl (C=O) groups is 2. The van der Waals surface area contributed by atoms with Gasteiger partial charge in [0.15, 0.2) is 0 Å². The highest BCUT2D eigenvalue weighted by atomic mass is 35.5. The molecule has 2 saturated heterocycles. The lowest BCUT2D eigenvalue weighted by atomic mass is 10.0. The summed E-state index contributed by atoms with van der Waals surface area (Å²) in [5, 5.41) is 2.82. The molecule has 0 bridgehead atoms. The molecule has 0 radical (unpaired) electrons. The first kappa shape index (κ1) is 24.8. The largest absolute Gasteiger partial charge is 0.491 e. The smallest absolute Gasteiger partial charge is 0.286 e. The predicted molar refractivity (Wildman–Crippen MR) is 138 cm³/mol. The standard InChI is InChI=1S/C25H27ClN2O4S2/c1-15(2)10-19(28-13-21(32-25(28)33)17-4-3-5-18(26)12-17)14-31-20-8-6-16(7-9-20)11-22-23(29)27-24(30)34-22/h3-9,12,15,19,21-22H,10-11,13-14H2,1-2H3,(H,27,29,30)/t19-,21+,22?/m1/s1. The van der Waals surface area contributed by atoms with Gasteiger partial charge in [-0.1, -0.05) is 61.5 Å². The molecule has 2 heterocycles. The van der Waals surface area contributed by atoms with E-state index in [1.165, 1.54) is 0 Å². The fourth-order valence-corrected chi connectivity index (χ4v) is 5.54. The van der Waals surface area contributed by atoms with Gasteiger partial charge in [-0.3, -0.25) is 14.9 Å². The first-order valence-electron chi connectivity index (χ1n) is 11.2.